The SMILES string of the molecule is CN(Cc1ccccc1[N+](=O)[O-])C(=O)c1cc2cc(Cl)ccc2o1. The van der Waals surface area contributed by atoms with Gasteiger partial charge in [-0.25, -0.2) is 0 Å². The molecule has 122 valence electrons. The zero-order valence-electron chi connectivity index (χ0n) is 12.7. The van der Waals surface area contributed by atoms with Crippen LogP contribution in [-0.4, -0.2) is 22.8 Å². The second kappa shape index (κ2) is 6.33. The average Bonchev–Trinajstić information content (AvgIpc) is 2.97. The number of amides is 1. The van der Waals surface area contributed by atoms with Crippen molar-refractivity contribution >= 4 is 34.2 Å². The Morgan fingerprint density at radius 3 is 2.75 bits per heavy atom. The van der Waals surface area contributed by atoms with Crippen molar-refractivity contribution in [3.05, 3.63) is 75.0 Å². The van der Waals surface area contributed by atoms with Crippen molar-refractivity contribution in [2.45, 2.75) is 6.54 Å². The molecular weight excluding hydrogens is 332 g/mol. The molecule has 0 radical (unpaired) electrons. The molecule has 0 aliphatic heterocycles. The van der Waals surface area contributed by atoms with Crippen LogP contribution in [-0.2, 0) is 6.54 Å². The van der Waals surface area contributed by atoms with Gasteiger partial charge >= 0.3 is 0 Å². The molecule has 1 aromatic heterocycles. The van der Waals surface area contributed by atoms with E-state index in [1.807, 2.05) is 0 Å². The number of hydrogen-bond acceptors (Lipinski definition) is 4. The van der Waals surface area contributed by atoms with Gasteiger partial charge in [-0.15, -0.1) is 0 Å². The molecule has 3 rings (SSSR count). The van der Waals surface area contributed by atoms with Gasteiger partial charge in [0.1, 0.15) is 5.58 Å². The van der Waals surface area contributed by atoms with Crippen molar-refractivity contribution in [1.82, 2.24) is 4.90 Å². The summed E-state index contributed by atoms with van der Waals surface area (Å²) in [5.41, 5.74) is 0.993. The van der Waals surface area contributed by atoms with Gasteiger partial charge in [0.15, 0.2) is 5.76 Å². The smallest absolute Gasteiger partial charge is 0.289 e. The number of carbonyl (C=O) groups is 1. The van der Waals surface area contributed by atoms with Crippen molar-refractivity contribution in [2.75, 3.05) is 7.05 Å². The predicted molar refractivity (Wildman–Crippen MR) is 90.1 cm³/mol. The van der Waals surface area contributed by atoms with Crippen LogP contribution in [0.5, 0.6) is 0 Å². The number of hydrogen-bond donors (Lipinski definition) is 0. The monoisotopic (exact) mass is 344 g/mol. The van der Waals surface area contributed by atoms with Crippen LogP contribution >= 0.6 is 11.6 Å². The minimum atomic E-state index is -0.461. The van der Waals surface area contributed by atoms with Crippen LogP contribution in [0.25, 0.3) is 11.0 Å². The standard InChI is InChI=1S/C17H13ClN2O4/c1-19(10-11-4-2-3-5-14(11)20(22)23)17(21)16-9-12-8-13(18)6-7-15(12)24-16/h2-9H,10H2,1H3. The summed E-state index contributed by atoms with van der Waals surface area (Å²) in [5, 5.41) is 12.3. The lowest BCUT2D eigenvalue weighted by molar-refractivity contribution is -0.385. The molecule has 0 N–H and O–H groups in total. The van der Waals surface area contributed by atoms with E-state index < -0.39 is 4.92 Å². The minimum Gasteiger partial charge on any atom is -0.451 e. The molecule has 0 aliphatic rings. The van der Waals surface area contributed by atoms with Gasteiger partial charge < -0.3 is 9.32 Å². The molecule has 1 amide bonds. The van der Waals surface area contributed by atoms with E-state index in [9.17, 15) is 14.9 Å². The lowest BCUT2D eigenvalue weighted by Crippen LogP contribution is -2.26. The molecule has 0 saturated heterocycles. The first-order valence-electron chi connectivity index (χ1n) is 7.12. The molecule has 0 atom stereocenters. The summed E-state index contributed by atoms with van der Waals surface area (Å²) < 4.78 is 5.54. The normalized spacial score (nSPS) is 10.8. The fourth-order valence-corrected chi connectivity index (χ4v) is 2.64. The number of nitro groups is 1. The summed E-state index contributed by atoms with van der Waals surface area (Å²) in [4.78, 5) is 24.5. The molecular formula is C17H13ClN2O4. The van der Waals surface area contributed by atoms with Gasteiger partial charge in [0.2, 0.25) is 0 Å². The van der Waals surface area contributed by atoms with Gasteiger partial charge in [0.25, 0.3) is 11.6 Å². The highest BCUT2D eigenvalue weighted by Gasteiger charge is 2.20. The Bertz CT molecular complexity index is 935. The second-order valence-corrected chi connectivity index (χ2v) is 5.78. The number of furan rings is 1. The highest BCUT2D eigenvalue weighted by atomic mass is 35.5. The largest absolute Gasteiger partial charge is 0.451 e. The topological polar surface area (TPSA) is 76.6 Å². The molecule has 2 aromatic carbocycles. The van der Waals surface area contributed by atoms with Gasteiger partial charge in [0, 0.05) is 29.1 Å². The van der Waals surface area contributed by atoms with Gasteiger partial charge in [0.05, 0.1) is 11.5 Å². The summed E-state index contributed by atoms with van der Waals surface area (Å²) in [5.74, 6) is -0.200. The van der Waals surface area contributed by atoms with Crippen molar-refractivity contribution in [3.8, 4) is 0 Å². The Morgan fingerprint density at radius 2 is 2.00 bits per heavy atom. The Labute approximate surface area is 142 Å². The highest BCUT2D eigenvalue weighted by molar-refractivity contribution is 6.31. The molecule has 0 aliphatic carbocycles. The van der Waals surface area contributed by atoms with Crippen LogP contribution in [0.15, 0.2) is 52.9 Å². The van der Waals surface area contributed by atoms with Gasteiger partial charge in [-0.05, 0) is 24.3 Å². The van der Waals surface area contributed by atoms with E-state index in [2.05, 4.69) is 0 Å². The number of nitrogens with zero attached hydrogens (tertiary/aromatic N) is 2. The molecule has 3 aromatic rings. The quantitative estimate of drug-likeness (QED) is 0.523. The van der Waals surface area contributed by atoms with Gasteiger partial charge in [-0.1, -0.05) is 29.8 Å². The Morgan fingerprint density at radius 1 is 1.25 bits per heavy atom. The molecule has 0 spiro atoms. The third kappa shape index (κ3) is 3.09. The Kier molecular flexibility index (Phi) is 4.22. The number of rotatable bonds is 4. The summed E-state index contributed by atoms with van der Waals surface area (Å²) in [6.45, 7) is 0.105. The molecule has 0 fully saturated rings. The number of halogens is 1. The Balaban J connectivity index is 1.85. The van der Waals surface area contributed by atoms with Crippen molar-refractivity contribution in [2.24, 2.45) is 0 Å². The van der Waals surface area contributed by atoms with Crippen molar-refractivity contribution in [1.29, 1.82) is 0 Å². The lowest BCUT2D eigenvalue weighted by Gasteiger charge is -2.15. The molecule has 0 bridgehead atoms. The van der Waals surface area contributed by atoms with Crippen LogP contribution in [0.1, 0.15) is 16.1 Å². The number of carbonyl (C=O) groups excluding carboxylic acids is 1. The van der Waals surface area contributed by atoms with E-state index in [0.717, 1.165) is 5.39 Å². The zero-order valence-corrected chi connectivity index (χ0v) is 13.5. The van der Waals surface area contributed by atoms with E-state index in [0.29, 0.717) is 16.2 Å². The van der Waals surface area contributed by atoms with Gasteiger partial charge in [-0.3, -0.25) is 14.9 Å². The van der Waals surface area contributed by atoms with E-state index >= 15 is 0 Å². The minimum absolute atomic E-state index is 0.0199. The molecule has 1 heterocycles. The first-order valence-corrected chi connectivity index (χ1v) is 7.50. The average molecular weight is 345 g/mol. The third-order valence-corrected chi connectivity index (χ3v) is 3.87. The highest BCUT2D eigenvalue weighted by Crippen LogP contribution is 2.25. The summed E-state index contributed by atoms with van der Waals surface area (Å²) in [6.07, 6.45) is 0. The summed E-state index contributed by atoms with van der Waals surface area (Å²) >= 11 is 5.92. The van der Waals surface area contributed by atoms with Crippen LogP contribution in [0.2, 0.25) is 5.02 Å². The first-order chi connectivity index (χ1) is 11.5. The van der Waals surface area contributed by atoms with E-state index in [-0.39, 0.29) is 23.9 Å². The number of para-hydroxylation sites is 1. The number of nitro benzene ring substituents is 1. The first kappa shape index (κ1) is 16.0. The fraction of sp³-hybridized carbons (Fsp3) is 0.118. The van der Waals surface area contributed by atoms with E-state index in [4.69, 9.17) is 16.0 Å². The van der Waals surface area contributed by atoms with Crippen molar-refractivity contribution in [3.63, 3.8) is 0 Å². The van der Waals surface area contributed by atoms with Crippen LogP contribution in [0, 0.1) is 10.1 Å². The molecule has 7 heteroatoms. The Hall–Kier alpha value is -2.86. The lowest BCUT2D eigenvalue weighted by atomic mass is 10.1. The fourth-order valence-electron chi connectivity index (χ4n) is 2.46. The second-order valence-electron chi connectivity index (χ2n) is 5.34. The van der Waals surface area contributed by atoms with E-state index in [1.54, 1.807) is 49.5 Å². The third-order valence-electron chi connectivity index (χ3n) is 3.63. The van der Waals surface area contributed by atoms with E-state index in [1.165, 1.54) is 11.0 Å². The molecule has 6 nitrogen and oxygen atoms in total. The maximum atomic E-state index is 12.5. The molecule has 24 heavy (non-hydrogen) atoms. The molecule has 0 saturated carbocycles. The van der Waals surface area contributed by atoms with Crippen LogP contribution in [0.3, 0.4) is 0 Å². The van der Waals surface area contributed by atoms with Gasteiger partial charge in [-0.2, -0.15) is 0 Å². The van der Waals surface area contributed by atoms with Crippen molar-refractivity contribution < 1.29 is 14.1 Å². The predicted octanol–water partition coefficient (Wildman–Crippen LogP) is 4.27. The maximum absolute atomic E-state index is 12.5. The number of benzene rings is 2. The van der Waals surface area contributed by atoms with Crippen LogP contribution < -0.4 is 0 Å². The van der Waals surface area contributed by atoms with Crippen LogP contribution in [0.4, 0.5) is 5.69 Å². The summed E-state index contributed by atoms with van der Waals surface area (Å²) in [6, 6.07) is 13.0. The molecule has 0 unspecified atom stereocenters. The zero-order chi connectivity index (χ0) is 17.3. The maximum Gasteiger partial charge on any atom is 0.289 e. The number of fused-ring (bicyclic) bond motifs is 1. The summed E-state index contributed by atoms with van der Waals surface area (Å²) in [7, 11) is 1.57.